The van der Waals surface area contributed by atoms with E-state index in [4.69, 9.17) is 4.74 Å². The van der Waals surface area contributed by atoms with Gasteiger partial charge in [-0.25, -0.2) is 0 Å². The number of piperidine rings is 1. The van der Waals surface area contributed by atoms with Gasteiger partial charge < -0.3 is 4.74 Å². The lowest BCUT2D eigenvalue weighted by Crippen LogP contribution is -2.46. The normalized spacial score (nSPS) is 23.1. The van der Waals surface area contributed by atoms with E-state index in [9.17, 15) is 9.59 Å². The van der Waals surface area contributed by atoms with E-state index in [1.54, 1.807) is 0 Å². The van der Waals surface area contributed by atoms with Crippen molar-refractivity contribution in [3.05, 3.63) is 29.3 Å². The average molecular weight is 260 g/mol. The predicted molar refractivity (Wildman–Crippen MR) is 68.4 cm³/mol. The second-order valence-corrected chi connectivity index (χ2v) is 5.16. The van der Waals surface area contributed by atoms with Crippen molar-refractivity contribution < 1.29 is 14.3 Å². The minimum Gasteiger partial charge on any atom is -0.481 e. The molecule has 1 unspecified atom stereocenters. The SMILES string of the molecule is CN1Cc2ccc(OC3CCC(=O)NC3=O)cc2C1. The maximum atomic E-state index is 11.6. The number of imide groups is 1. The Morgan fingerprint density at radius 1 is 1.26 bits per heavy atom. The molecule has 0 radical (unpaired) electrons. The van der Waals surface area contributed by atoms with Crippen LogP contribution < -0.4 is 10.1 Å². The molecule has 19 heavy (non-hydrogen) atoms. The van der Waals surface area contributed by atoms with Crippen LogP contribution in [0.1, 0.15) is 24.0 Å². The summed E-state index contributed by atoms with van der Waals surface area (Å²) in [5, 5.41) is 2.30. The maximum Gasteiger partial charge on any atom is 0.267 e. The number of nitrogens with one attached hydrogen (secondary N) is 1. The smallest absolute Gasteiger partial charge is 0.267 e. The van der Waals surface area contributed by atoms with Gasteiger partial charge in [0.1, 0.15) is 5.75 Å². The Kier molecular flexibility index (Phi) is 2.98. The van der Waals surface area contributed by atoms with Gasteiger partial charge in [0.2, 0.25) is 5.91 Å². The van der Waals surface area contributed by atoms with Crippen LogP contribution in [0.25, 0.3) is 0 Å². The van der Waals surface area contributed by atoms with Gasteiger partial charge in [0.25, 0.3) is 5.91 Å². The Bertz CT molecular complexity index is 541. The van der Waals surface area contributed by atoms with Gasteiger partial charge in [-0.2, -0.15) is 0 Å². The number of amides is 2. The molecule has 1 aromatic rings. The highest BCUT2D eigenvalue weighted by atomic mass is 16.5. The first-order chi connectivity index (χ1) is 9.11. The van der Waals surface area contributed by atoms with E-state index in [-0.39, 0.29) is 11.8 Å². The van der Waals surface area contributed by atoms with Crippen LogP contribution in [0, 0.1) is 0 Å². The zero-order valence-electron chi connectivity index (χ0n) is 10.8. The molecular formula is C14H16N2O3. The highest BCUT2D eigenvalue weighted by Gasteiger charge is 2.28. The zero-order chi connectivity index (χ0) is 13.4. The minimum absolute atomic E-state index is 0.222. The van der Waals surface area contributed by atoms with Gasteiger partial charge in [-0.15, -0.1) is 0 Å². The number of benzene rings is 1. The number of hydrogen-bond donors (Lipinski definition) is 1. The molecule has 100 valence electrons. The standard InChI is InChI=1S/C14H16N2O3/c1-16-7-9-2-3-11(6-10(9)8-16)19-12-4-5-13(17)15-14(12)18/h2-3,6,12H,4-5,7-8H2,1H3,(H,15,17,18). The molecule has 2 heterocycles. The molecule has 1 saturated heterocycles. The molecule has 0 bridgehead atoms. The predicted octanol–water partition coefficient (Wildman–Crippen LogP) is 0.816. The van der Waals surface area contributed by atoms with Crippen LogP contribution in [0.15, 0.2) is 18.2 Å². The average Bonchev–Trinajstić information content (AvgIpc) is 2.72. The number of hydrogen-bond acceptors (Lipinski definition) is 4. The Hall–Kier alpha value is -1.88. The molecule has 0 saturated carbocycles. The Balaban J connectivity index is 1.72. The number of carbonyl (C=O) groups excluding carboxylic acids is 2. The molecule has 1 aromatic carbocycles. The Morgan fingerprint density at radius 2 is 2.05 bits per heavy atom. The fraction of sp³-hybridized carbons (Fsp3) is 0.429. The third kappa shape index (κ3) is 2.46. The Morgan fingerprint density at radius 3 is 2.84 bits per heavy atom. The molecule has 0 aliphatic carbocycles. The fourth-order valence-corrected chi connectivity index (χ4v) is 2.56. The van der Waals surface area contributed by atoms with Crippen LogP contribution >= 0.6 is 0 Å². The molecule has 3 rings (SSSR count). The van der Waals surface area contributed by atoms with Gasteiger partial charge in [-0.1, -0.05) is 6.07 Å². The van der Waals surface area contributed by atoms with E-state index >= 15 is 0 Å². The molecule has 0 spiro atoms. The summed E-state index contributed by atoms with van der Waals surface area (Å²) < 4.78 is 5.69. The van der Waals surface area contributed by atoms with Gasteiger partial charge in [-0.3, -0.25) is 19.8 Å². The lowest BCUT2D eigenvalue weighted by molar-refractivity contribution is -0.138. The molecule has 1 N–H and O–H groups in total. The molecule has 2 aliphatic heterocycles. The van der Waals surface area contributed by atoms with Gasteiger partial charge in [0.15, 0.2) is 6.10 Å². The molecule has 0 aromatic heterocycles. The second-order valence-electron chi connectivity index (χ2n) is 5.16. The van der Waals surface area contributed by atoms with Crippen molar-refractivity contribution in [1.82, 2.24) is 10.2 Å². The second kappa shape index (κ2) is 4.66. The number of nitrogens with zero attached hydrogens (tertiary/aromatic N) is 1. The van der Waals surface area contributed by atoms with Crippen molar-refractivity contribution in [2.75, 3.05) is 7.05 Å². The van der Waals surface area contributed by atoms with Crippen LogP contribution in [0.3, 0.4) is 0 Å². The number of rotatable bonds is 2. The number of ether oxygens (including phenoxy) is 1. The first-order valence-corrected chi connectivity index (χ1v) is 6.42. The first kappa shape index (κ1) is 12.2. The first-order valence-electron chi connectivity index (χ1n) is 6.42. The van der Waals surface area contributed by atoms with Crippen molar-refractivity contribution in [3.63, 3.8) is 0 Å². The number of carbonyl (C=O) groups is 2. The zero-order valence-corrected chi connectivity index (χ0v) is 10.8. The van der Waals surface area contributed by atoms with Crippen LogP contribution in [-0.2, 0) is 22.7 Å². The largest absolute Gasteiger partial charge is 0.481 e. The highest BCUT2D eigenvalue weighted by Crippen LogP contribution is 2.26. The summed E-state index contributed by atoms with van der Waals surface area (Å²) in [5.41, 5.74) is 2.55. The minimum atomic E-state index is -0.560. The van der Waals surface area contributed by atoms with Crippen molar-refractivity contribution in [1.29, 1.82) is 0 Å². The van der Waals surface area contributed by atoms with Crippen molar-refractivity contribution >= 4 is 11.8 Å². The molecule has 2 amide bonds. The summed E-state index contributed by atoms with van der Waals surface area (Å²) in [7, 11) is 2.07. The van der Waals surface area contributed by atoms with Gasteiger partial charge in [0.05, 0.1) is 0 Å². The quantitative estimate of drug-likeness (QED) is 0.800. The topological polar surface area (TPSA) is 58.6 Å². The summed E-state index contributed by atoms with van der Waals surface area (Å²) in [6.45, 7) is 1.86. The Labute approximate surface area is 111 Å². The molecular weight excluding hydrogens is 244 g/mol. The van der Waals surface area contributed by atoms with Crippen LogP contribution in [0.5, 0.6) is 5.75 Å². The lowest BCUT2D eigenvalue weighted by Gasteiger charge is -2.22. The van der Waals surface area contributed by atoms with E-state index < -0.39 is 6.10 Å². The molecule has 2 aliphatic rings. The molecule has 5 nitrogen and oxygen atoms in total. The van der Waals surface area contributed by atoms with E-state index in [1.165, 1.54) is 11.1 Å². The summed E-state index contributed by atoms with van der Waals surface area (Å²) in [5.74, 6) is 0.137. The van der Waals surface area contributed by atoms with Gasteiger partial charge in [0, 0.05) is 25.9 Å². The maximum absolute atomic E-state index is 11.6. The third-order valence-corrected chi connectivity index (χ3v) is 3.53. The van der Waals surface area contributed by atoms with E-state index in [2.05, 4.69) is 17.3 Å². The summed E-state index contributed by atoms with van der Waals surface area (Å²) in [6, 6.07) is 5.92. The van der Waals surface area contributed by atoms with E-state index in [0.29, 0.717) is 18.6 Å². The summed E-state index contributed by atoms with van der Waals surface area (Å²) in [4.78, 5) is 24.9. The highest BCUT2D eigenvalue weighted by molar-refractivity contribution is 5.99. The van der Waals surface area contributed by atoms with Gasteiger partial charge >= 0.3 is 0 Å². The van der Waals surface area contributed by atoms with Crippen LogP contribution in [0.2, 0.25) is 0 Å². The van der Waals surface area contributed by atoms with E-state index in [1.807, 2.05) is 18.2 Å². The monoisotopic (exact) mass is 260 g/mol. The van der Waals surface area contributed by atoms with Crippen molar-refractivity contribution in [2.24, 2.45) is 0 Å². The fourth-order valence-electron chi connectivity index (χ4n) is 2.56. The molecule has 5 heteroatoms. The van der Waals surface area contributed by atoms with Crippen molar-refractivity contribution in [2.45, 2.75) is 32.0 Å². The molecule has 1 atom stereocenters. The summed E-state index contributed by atoms with van der Waals surface area (Å²) in [6.07, 6.45) is 0.223. The van der Waals surface area contributed by atoms with Crippen LogP contribution in [-0.4, -0.2) is 29.9 Å². The third-order valence-electron chi connectivity index (χ3n) is 3.53. The summed E-state index contributed by atoms with van der Waals surface area (Å²) >= 11 is 0. The molecule has 1 fully saturated rings. The van der Waals surface area contributed by atoms with Crippen molar-refractivity contribution in [3.8, 4) is 5.75 Å². The lowest BCUT2D eigenvalue weighted by atomic mass is 10.1. The number of fused-ring (bicyclic) bond motifs is 1. The van der Waals surface area contributed by atoms with Crippen LogP contribution in [0.4, 0.5) is 0 Å². The van der Waals surface area contributed by atoms with Gasteiger partial charge in [-0.05, 0) is 30.3 Å². The van der Waals surface area contributed by atoms with E-state index in [0.717, 1.165) is 13.1 Å².